The quantitative estimate of drug-likeness (QED) is 0.836. The fraction of sp³-hybridized carbons (Fsp3) is 0.438. The number of hydrogen-bond acceptors (Lipinski definition) is 1. The Morgan fingerprint density at radius 3 is 2.89 bits per heavy atom. The van der Waals surface area contributed by atoms with Crippen molar-refractivity contribution < 1.29 is 9.90 Å². The Bertz CT molecular complexity index is 541. The lowest BCUT2D eigenvalue weighted by Gasteiger charge is -2.46. The molecule has 1 spiro atoms. The fourth-order valence-corrected chi connectivity index (χ4v) is 3.37. The van der Waals surface area contributed by atoms with Gasteiger partial charge >= 0.3 is 6.09 Å². The van der Waals surface area contributed by atoms with Gasteiger partial charge in [-0.3, -0.25) is 0 Å². The number of rotatable bonds is 1. The van der Waals surface area contributed by atoms with Gasteiger partial charge in [0.05, 0.1) is 0 Å². The number of likely N-dealkylation sites (tertiary alicyclic amines) is 1. The summed E-state index contributed by atoms with van der Waals surface area (Å²) in [7, 11) is 0. The average molecular weight is 257 g/mol. The van der Waals surface area contributed by atoms with Gasteiger partial charge in [-0.1, -0.05) is 41.5 Å². The summed E-state index contributed by atoms with van der Waals surface area (Å²) in [6.07, 6.45) is 4.81. The van der Waals surface area contributed by atoms with Crippen LogP contribution in [0, 0.1) is 12.3 Å². The minimum atomic E-state index is -0.776. The first-order valence-corrected chi connectivity index (χ1v) is 6.80. The molecule has 100 valence electrons. The van der Waals surface area contributed by atoms with Gasteiger partial charge in [-0.2, -0.15) is 0 Å². The Kier molecular flexibility index (Phi) is 2.85. The summed E-state index contributed by atoms with van der Waals surface area (Å²) in [6, 6.07) is 8.52. The number of amides is 1. The molecule has 0 atom stereocenters. The maximum absolute atomic E-state index is 10.8. The predicted octanol–water partition coefficient (Wildman–Crippen LogP) is 3.54. The molecule has 1 amide bonds. The van der Waals surface area contributed by atoms with Crippen LogP contribution < -0.4 is 0 Å². The summed E-state index contributed by atoms with van der Waals surface area (Å²) in [6.45, 7) is 3.54. The van der Waals surface area contributed by atoms with Crippen LogP contribution in [-0.4, -0.2) is 29.2 Å². The maximum Gasteiger partial charge on any atom is 0.407 e. The standard InChI is InChI=1S/C16H19NO2/c1-12-3-2-4-13(7-12)8-14-5-6-16(9-14)10-17(11-16)15(18)19/h2-4,7-8H,5-6,9-11H2,1H3,(H,18,19). The van der Waals surface area contributed by atoms with Crippen LogP contribution in [0.5, 0.6) is 0 Å². The number of benzene rings is 1. The van der Waals surface area contributed by atoms with Crippen LogP contribution in [-0.2, 0) is 0 Å². The van der Waals surface area contributed by atoms with E-state index >= 15 is 0 Å². The molecule has 0 aromatic heterocycles. The fourth-order valence-electron chi connectivity index (χ4n) is 3.37. The molecule has 2 aliphatic rings. The number of hydrogen-bond donors (Lipinski definition) is 1. The van der Waals surface area contributed by atoms with Crippen molar-refractivity contribution in [2.45, 2.75) is 26.2 Å². The van der Waals surface area contributed by atoms with Crippen molar-refractivity contribution in [1.82, 2.24) is 4.90 Å². The molecule has 1 saturated carbocycles. The Morgan fingerprint density at radius 2 is 2.21 bits per heavy atom. The molecule has 1 saturated heterocycles. The van der Waals surface area contributed by atoms with Crippen LogP contribution in [0.1, 0.15) is 30.4 Å². The second-order valence-electron chi connectivity index (χ2n) is 6.03. The van der Waals surface area contributed by atoms with Crippen LogP contribution in [0.25, 0.3) is 6.08 Å². The molecule has 3 rings (SSSR count). The van der Waals surface area contributed by atoms with E-state index in [9.17, 15) is 4.79 Å². The van der Waals surface area contributed by atoms with E-state index in [-0.39, 0.29) is 5.41 Å². The molecule has 0 radical (unpaired) electrons. The lowest BCUT2D eigenvalue weighted by molar-refractivity contribution is 0.0171. The van der Waals surface area contributed by atoms with Gasteiger partial charge in [-0.15, -0.1) is 0 Å². The zero-order valence-electron chi connectivity index (χ0n) is 11.2. The lowest BCUT2D eigenvalue weighted by Crippen LogP contribution is -2.56. The van der Waals surface area contributed by atoms with Gasteiger partial charge in [-0.25, -0.2) is 4.79 Å². The molecular formula is C16H19NO2. The first-order valence-electron chi connectivity index (χ1n) is 6.80. The van der Waals surface area contributed by atoms with Crippen LogP contribution >= 0.6 is 0 Å². The van der Waals surface area contributed by atoms with Crippen LogP contribution in [0.15, 0.2) is 29.8 Å². The summed E-state index contributed by atoms with van der Waals surface area (Å²) < 4.78 is 0. The summed E-state index contributed by atoms with van der Waals surface area (Å²) in [5.74, 6) is 0. The Morgan fingerprint density at radius 1 is 1.42 bits per heavy atom. The van der Waals surface area contributed by atoms with Crippen molar-refractivity contribution in [2.75, 3.05) is 13.1 Å². The van der Waals surface area contributed by atoms with E-state index in [2.05, 4.69) is 37.3 Å². The van der Waals surface area contributed by atoms with E-state index in [0.29, 0.717) is 13.1 Å². The molecule has 2 fully saturated rings. The van der Waals surface area contributed by atoms with E-state index < -0.39 is 6.09 Å². The van der Waals surface area contributed by atoms with Gasteiger partial charge in [0.2, 0.25) is 0 Å². The third-order valence-electron chi connectivity index (χ3n) is 4.31. The molecule has 0 unspecified atom stereocenters. The van der Waals surface area contributed by atoms with Gasteiger partial charge in [0.25, 0.3) is 0 Å². The van der Waals surface area contributed by atoms with E-state index in [1.165, 1.54) is 21.6 Å². The molecule has 1 aliphatic heterocycles. The van der Waals surface area contributed by atoms with Gasteiger partial charge in [-0.05, 0) is 31.7 Å². The highest BCUT2D eigenvalue weighted by Gasteiger charge is 2.48. The third-order valence-corrected chi connectivity index (χ3v) is 4.31. The Labute approximate surface area is 113 Å². The molecule has 19 heavy (non-hydrogen) atoms. The normalized spacial score (nSPS) is 22.8. The van der Waals surface area contributed by atoms with Gasteiger partial charge in [0, 0.05) is 18.5 Å². The van der Waals surface area contributed by atoms with E-state index in [0.717, 1.165) is 19.3 Å². The van der Waals surface area contributed by atoms with Crippen molar-refractivity contribution >= 4 is 12.2 Å². The lowest BCUT2D eigenvalue weighted by atomic mass is 9.78. The minimum Gasteiger partial charge on any atom is -0.465 e. The van der Waals surface area contributed by atoms with Crippen molar-refractivity contribution in [3.8, 4) is 0 Å². The molecule has 1 aromatic rings. The molecule has 3 nitrogen and oxygen atoms in total. The largest absolute Gasteiger partial charge is 0.465 e. The zero-order chi connectivity index (χ0) is 13.5. The van der Waals surface area contributed by atoms with E-state index in [1.54, 1.807) is 0 Å². The molecule has 1 aliphatic carbocycles. The molecule has 1 N–H and O–H groups in total. The highest BCUT2D eigenvalue weighted by Crippen LogP contribution is 2.48. The first kappa shape index (κ1) is 12.3. The number of allylic oxidation sites excluding steroid dienone is 1. The molecule has 1 aromatic carbocycles. The number of carbonyl (C=O) groups is 1. The topological polar surface area (TPSA) is 40.5 Å². The summed E-state index contributed by atoms with van der Waals surface area (Å²) in [5, 5.41) is 8.92. The number of carboxylic acid groups (broad SMARTS) is 1. The molecule has 3 heteroatoms. The van der Waals surface area contributed by atoms with E-state index in [4.69, 9.17) is 5.11 Å². The smallest absolute Gasteiger partial charge is 0.407 e. The Hall–Kier alpha value is -1.77. The van der Waals surface area contributed by atoms with Crippen molar-refractivity contribution in [1.29, 1.82) is 0 Å². The highest BCUT2D eigenvalue weighted by molar-refractivity contribution is 5.66. The summed E-state index contributed by atoms with van der Waals surface area (Å²) in [4.78, 5) is 12.4. The maximum atomic E-state index is 10.8. The summed E-state index contributed by atoms with van der Waals surface area (Å²) >= 11 is 0. The molecule has 0 bridgehead atoms. The highest BCUT2D eigenvalue weighted by atomic mass is 16.4. The van der Waals surface area contributed by atoms with Crippen molar-refractivity contribution in [3.05, 3.63) is 41.0 Å². The van der Waals surface area contributed by atoms with Crippen LogP contribution in [0.3, 0.4) is 0 Å². The van der Waals surface area contributed by atoms with Gasteiger partial charge in [0.1, 0.15) is 0 Å². The van der Waals surface area contributed by atoms with Crippen molar-refractivity contribution in [3.63, 3.8) is 0 Å². The SMILES string of the molecule is Cc1cccc(C=C2CCC3(C2)CN(C(=O)O)C3)c1. The summed E-state index contributed by atoms with van der Waals surface area (Å²) in [5.41, 5.74) is 4.26. The molecule has 1 heterocycles. The monoisotopic (exact) mass is 257 g/mol. The zero-order valence-corrected chi connectivity index (χ0v) is 11.2. The van der Waals surface area contributed by atoms with Gasteiger partial charge < -0.3 is 10.0 Å². The van der Waals surface area contributed by atoms with Gasteiger partial charge in [0.15, 0.2) is 0 Å². The number of aryl methyl sites for hydroxylation is 1. The predicted molar refractivity (Wildman–Crippen MR) is 75.0 cm³/mol. The molecular weight excluding hydrogens is 238 g/mol. The van der Waals surface area contributed by atoms with Crippen LogP contribution in [0.2, 0.25) is 0 Å². The van der Waals surface area contributed by atoms with E-state index in [1.807, 2.05) is 0 Å². The number of nitrogens with zero attached hydrogens (tertiary/aromatic N) is 1. The Balaban J connectivity index is 1.68. The second-order valence-corrected chi connectivity index (χ2v) is 6.03. The third kappa shape index (κ3) is 2.37. The van der Waals surface area contributed by atoms with Crippen LogP contribution in [0.4, 0.5) is 4.79 Å². The second kappa shape index (κ2) is 4.41. The van der Waals surface area contributed by atoms with Crippen molar-refractivity contribution in [2.24, 2.45) is 5.41 Å². The average Bonchev–Trinajstić information content (AvgIpc) is 2.71. The first-order chi connectivity index (χ1) is 9.06. The minimum absolute atomic E-state index is 0.244.